The second kappa shape index (κ2) is 8.56. The molecule has 1 amide bonds. The van der Waals surface area contributed by atoms with Gasteiger partial charge >= 0.3 is 5.97 Å². The summed E-state index contributed by atoms with van der Waals surface area (Å²) in [5, 5.41) is 10.3. The molecule has 2 aromatic rings. The van der Waals surface area contributed by atoms with E-state index in [4.69, 9.17) is 23.2 Å². The van der Waals surface area contributed by atoms with E-state index in [0.29, 0.717) is 10.6 Å². The zero-order valence-electron chi connectivity index (χ0n) is 17.0. The molecule has 0 unspecified atom stereocenters. The minimum atomic E-state index is -1.12. The molecule has 3 atom stereocenters. The number of amides is 1. The highest BCUT2D eigenvalue weighted by molar-refractivity contribution is 6.30. The molecule has 0 aromatic heterocycles. The summed E-state index contributed by atoms with van der Waals surface area (Å²) >= 11 is 12.2. The Hall–Kier alpha value is -2.11. The lowest BCUT2D eigenvalue weighted by Gasteiger charge is -2.50. The number of carboxylic acids is 1. The number of halogens is 3. The smallest absolute Gasteiger partial charge is 0.304 e. The lowest BCUT2D eigenvalue weighted by Crippen LogP contribution is -2.54. The highest BCUT2D eigenvalue weighted by Crippen LogP contribution is 2.52. The molecule has 160 valence electrons. The molecule has 4 nitrogen and oxygen atoms in total. The van der Waals surface area contributed by atoms with Gasteiger partial charge in [-0.15, -0.1) is 0 Å². The molecule has 1 heterocycles. The fraction of sp³-hybridized carbons (Fsp3) is 0.391. The van der Waals surface area contributed by atoms with Crippen LogP contribution in [-0.4, -0.2) is 27.9 Å². The van der Waals surface area contributed by atoms with Crippen molar-refractivity contribution in [3.8, 4) is 0 Å². The van der Waals surface area contributed by atoms with Crippen molar-refractivity contribution in [2.75, 3.05) is 0 Å². The average molecular weight is 452 g/mol. The molecule has 0 radical (unpaired) electrons. The fourth-order valence-corrected chi connectivity index (χ4v) is 4.85. The van der Waals surface area contributed by atoms with Crippen LogP contribution in [0.1, 0.15) is 56.7 Å². The molecule has 0 aliphatic carbocycles. The van der Waals surface area contributed by atoms with Gasteiger partial charge in [0.25, 0.3) is 0 Å². The Morgan fingerprint density at radius 1 is 1.17 bits per heavy atom. The summed E-state index contributed by atoms with van der Waals surface area (Å²) in [6.45, 7) is 5.46. The number of carboxylic acid groups (broad SMARTS) is 1. The Bertz CT molecular complexity index is 943. The second-order valence-corrected chi connectivity index (χ2v) is 9.32. The lowest BCUT2D eigenvalue weighted by molar-refractivity contribution is -0.159. The number of aliphatic carboxylic acids is 1. The molecular formula is C23H24Cl2FNO3. The number of hydrogen-bond donors (Lipinski definition) is 1. The number of rotatable bonds is 5. The number of piperidine rings is 1. The number of nitrogens with zero attached hydrogens (tertiary/aromatic N) is 1. The Balaban J connectivity index is 2.21. The van der Waals surface area contributed by atoms with Gasteiger partial charge in [-0.25, -0.2) is 4.39 Å². The average Bonchev–Trinajstić information content (AvgIpc) is 2.62. The van der Waals surface area contributed by atoms with Crippen LogP contribution in [0.2, 0.25) is 10.0 Å². The van der Waals surface area contributed by atoms with E-state index in [-0.39, 0.29) is 35.7 Å². The van der Waals surface area contributed by atoms with Crippen molar-refractivity contribution in [1.82, 2.24) is 4.90 Å². The first-order valence-corrected chi connectivity index (χ1v) is 10.5. The molecule has 0 saturated carbocycles. The highest BCUT2D eigenvalue weighted by Gasteiger charge is 2.51. The first kappa shape index (κ1) is 22.6. The van der Waals surface area contributed by atoms with Gasteiger partial charge in [0.15, 0.2) is 0 Å². The summed E-state index contributed by atoms with van der Waals surface area (Å²) in [5.41, 5.74) is 0.363. The van der Waals surface area contributed by atoms with E-state index >= 15 is 0 Å². The third-order valence-corrected chi connectivity index (χ3v) is 6.19. The van der Waals surface area contributed by atoms with Gasteiger partial charge in [0, 0.05) is 22.0 Å². The van der Waals surface area contributed by atoms with Crippen LogP contribution in [0, 0.1) is 11.2 Å². The van der Waals surface area contributed by atoms with Crippen LogP contribution in [0.25, 0.3) is 0 Å². The molecule has 3 rings (SSSR count). The SMILES string of the molecule is CC(C)N1C(=O)[C@](C)(CC(=O)O)C[C@H](c2cc(F)cc(Cl)c2)[C@H]1c1ccc(Cl)cc1. The van der Waals surface area contributed by atoms with Gasteiger partial charge in [-0.1, -0.05) is 42.3 Å². The fourth-order valence-electron chi connectivity index (χ4n) is 4.50. The van der Waals surface area contributed by atoms with Crippen molar-refractivity contribution < 1.29 is 19.1 Å². The standard InChI is InChI=1S/C23H24Cl2FNO3/c1-13(2)27-21(14-4-6-16(24)7-5-14)19(15-8-17(25)10-18(26)9-15)11-23(3,22(27)30)12-20(28)29/h4-10,13,19,21H,11-12H2,1-3H3,(H,28,29)/t19-,21-,23+/m1/s1. The Kier molecular flexibility index (Phi) is 6.44. The number of carbonyl (C=O) groups excluding carboxylic acids is 1. The number of carbonyl (C=O) groups is 2. The molecule has 7 heteroatoms. The van der Waals surface area contributed by atoms with E-state index in [9.17, 15) is 19.1 Å². The molecule has 1 aliphatic heterocycles. The molecule has 1 aliphatic rings. The highest BCUT2D eigenvalue weighted by atomic mass is 35.5. The maximum absolute atomic E-state index is 14.2. The van der Waals surface area contributed by atoms with Crippen LogP contribution in [0.5, 0.6) is 0 Å². The maximum atomic E-state index is 14.2. The third-order valence-electron chi connectivity index (χ3n) is 5.72. The van der Waals surface area contributed by atoms with E-state index in [1.807, 2.05) is 26.0 Å². The maximum Gasteiger partial charge on any atom is 0.304 e. The quantitative estimate of drug-likeness (QED) is 0.598. The topological polar surface area (TPSA) is 57.6 Å². The van der Waals surface area contributed by atoms with Crippen LogP contribution in [0.3, 0.4) is 0 Å². The molecular weight excluding hydrogens is 428 g/mol. The zero-order chi connectivity index (χ0) is 22.2. The van der Waals surface area contributed by atoms with E-state index in [0.717, 1.165) is 5.56 Å². The minimum absolute atomic E-state index is 0.196. The monoisotopic (exact) mass is 451 g/mol. The van der Waals surface area contributed by atoms with E-state index < -0.39 is 23.2 Å². The van der Waals surface area contributed by atoms with Gasteiger partial charge in [0.1, 0.15) is 5.82 Å². The van der Waals surface area contributed by atoms with Crippen LogP contribution in [0.4, 0.5) is 4.39 Å². The summed E-state index contributed by atoms with van der Waals surface area (Å²) < 4.78 is 14.2. The van der Waals surface area contributed by atoms with Crippen LogP contribution in [-0.2, 0) is 9.59 Å². The molecule has 0 spiro atoms. The number of hydrogen-bond acceptors (Lipinski definition) is 2. The van der Waals surface area contributed by atoms with Crippen molar-refractivity contribution in [3.05, 3.63) is 69.5 Å². The van der Waals surface area contributed by atoms with Crippen molar-refractivity contribution in [3.63, 3.8) is 0 Å². The molecule has 2 aromatic carbocycles. The Labute approximate surface area is 185 Å². The predicted octanol–water partition coefficient (Wildman–Crippen LogP) is 6.08. The van der Waals surface area contributed by atoms with Gasteiger partial charge in [-0.2, -0.15) is 0 Å². The predicted molar refractivity (Wildman–Crippen MR) is 115 cm³/mol. The Morgan fingerprint density at radius 3 is 2.33 bits per heavy atom. The summed E-state index contributed by atoms with van der Waals surface area (Å²) in [4.78, 5) is 26.8. The number of likely N-dealkylation sites (tertiary alicyclic amines) is 1. The molecule has 1 fully saturated rings. The van der Waals surface area contributed by atoms with Crippen molar-refractivity contribution in [1.29, 1.82) is 0 Å². The van der Waals surface area contributed by atoms with Gasteiger partial charge in [-0.3, -0.25) is 9.59 Å². The van der Waals surface area contributed by atoms with Gasteiger partial charge in [0.2, 0.25) is 5.91 Å². The minimum Gasteiger partial charge on any atom is -0.481 e. The molecule has 30 heavy (non-hydrogen) atoms. The van der Waals surface area contributed by atoms with Crippen molar-refractivity contribution in [2.24, 2.45) is 5.41 Å². The molecule has 1 saturated heterocycles. The lowest BCUT2D eigenvalue weighted by atomic mass is 9.67. The van der Waals surface area contributed by atoms with Crippen LogP contribution < -0.4 is 0 Å². The normalized spacial score (nSPS) is 24.4. The summed E-state index contributed by atoms with van der Waals surface area (Å²) in [5.74, 6) is -2.08. The van der Waals surface area contributed by atoms with E-state index in [1.165, 1.54) is 12.1 Å². The van der Waals surface area contributed by atoms with Gasteiger partial charge < -0.3 is 10.0 Å². The van der Waals surface area contributed by atoms with Crippen molar-refractivity contribution in [2.45, 2.75) is 51.6 Å². The Morgan fingerprint density at radius 2 is 1.80 bits per heavy atom. The summed E-state index contributed by atoms with van der Waals surface area (Å²) in [6.07, 6.45) is -0.0453. The second-order valence-electron chi connectivity index (χ2n) is 8.45. The van der Waals surface area contributed by atoms with Gasteiger partial charge in [0.05, 0.1) is 17.9 Å². The van der Waals surface area contributed by atoms with Gasteiger partial charge in [-0.05, 0) is 61.7 Å². The summed E-state index contributed by atoms with van der Waals surface area (Å²) in [6, 6.07) is 10.9. The first-order valence-electron chi connectivity index (χ1n) is 9.78. The molecule has 1 N–H and O–H groups in total. The number of benzene rings is 2. The van der Waals surface area contributed by atoms with Crippen molar-refractivity contribution >= 4 is 35.1 Å². The van der Waals surface area contributed by atoms with Crippen LogP contribution >= 0.6 is 23.2 Å². The first-order chi connectivity index (χ1) is 14.0. The summed E-state index contributed by atoms with van der Waals surface area (Å²) in [7, 11) is 0. The molecule has 0 bridgehead atoms. The largest absolute Gasteiger partial charge is 0.481 e. The third kappa shape index (κ3) is 4.47. The van der Waals surface area contributed by atoms with E-state index in [2.05, 4.69) is 0 Å². The van der Waals surface area contributed by atoms with Crippen LogP contribution in [0.15, 0.2) is 42.5 Å². The zero-order valence-corrected chi connectivity index (χ0v) is 18.5. The van der Waals surface area contributed by atoms with E-state index in [1.54, 1.807) is 30.0 Å².